The van der Waals surface area contributed by atoms with Crippen LogP contribution in [0.3, 0.4) is 0 Å². The fraction of sp³-hybridized carbons (Fsp3) is 0.452. The number of carboxylic acids is 1. The molecule has 9 heteroatoms. The number of carbonyl (C=O) groups is 1. The van der Waals surface area contributed by atoms with Crippen LogP contribution in [0.15, 0.2) is 55.1 Å². The Bertz CT molecular complexity index is 1170. The molecule has 0 aliphatic rings. The minimum atomic E-state index is -1.39. The summed E-state index contributed by atoms with van der Waals surface area (Å²) in [6.07, 6.45) is 9.59. The van der Waals surface area contributed by atoms with Crippen LogP contribution in [0.25, 0.3) is 11.1 Å². The van der Waals surface area contributed by atoms with Gasteiger partial charge in [-0.2, -0.15) is 0 Å². The second-order valence-electron chi connectivity index (χ2n) is 9.52. The first-order valence-corrected chi connectivity index (χ1v) is 13.9. The molecule has 0 saturated carbocycles. The molecule has 3 rings (SSSR count). The Kier molecular flexibility index (Phi) is 13.2. The zero-order chi connectivity index (χ0) is 28.6. The zero-order valence-corrected chi connectivity index (χ0v) is 23.1. The summed E-state index contributed by atoms with van der Waals surface area (Å²) in [5.41, 5.74) is 3.93. The summed E-state index contributed by atoms with van der Waals surface area (Å²) < 4.78 is 17.6. The third kappa shape index (κ3) is 10.8. The first kappa shape index (κ1) is 30.8. The van der Waals surface area contributed by atoms with Crippen LogP contribution in [-0.4, -0.2) is 57.4 Å². The molecule has 0 amide bonds. The third-order valence-electron chi connectivity index (χ3n) is 6.37. The molecule has 0 fully saturated rings. The quantitative estimate of drug-likeness (QED) is 0.135. The molecule has 3 aromatic rings. The normalized spacial score (nSPS) is 11.0. The SMILES string of the molecule is CCOc1cc(OCCCCCCc2cccc(OCCCC(=O)O)c2CCC(O)O)cc(-c2cncnc2)c1. The molecule has 40 heavy (non-hydrogen) atoms. The summed E-state index contributed by atoms with van der Waals surface area (Å²) in [6.45, 7) is 3.41. The smallest absolute Gasteiger partial charge is 0.303 e. The van der Waals surface area contributed by atoms with E-state index in [1.54, 1.807) is 12.4 Å². The maximum Gasteiger partial charge on any atom is 0.303 e. The van der Waals surface area contributed by atoms with E-state index in [1.807, 2.05) is 43.3 Å². The largest absolute Gasteiger partial charge is 0.494 e. The number of aromatic nitrogens is 2. The van der Waals surface area contributed by atoms with Crippen LogP contribution in [0.4, 0.5) is 0 Å². The highest BCUT2D eigenvalue weighted by atomic mass is 16.5. The number of benzene rings is 2. The van der Waals surface area contributed by atoms with E-state index in [4.69, 9.17) is 19.3 Å². The van der Waals surface area contributed by atoms with Gasteiger partial charge >= 0.3 is 5.97 Å². The molecule has 0 spiro atoms. The molecular weight excluding hydrogens is 512 g/mol. The molecule has 216 valence electrons. The minimum Gasteiger partial charge on any atom is -0.494 e. The average molecular weight is 553 g/mol. The number of aryl methyl sites for hydroxylation is 1. The Morgan fingerprint density at radius 2 is 1.57 bits per heavy atom. The lowest BCUT2D eigenvalue weighted by Crippen LogP contribution is -2.09. The van der Waals surface area contributed by atoms with Crippen molar-refractivity contribution in [3.8, 4) is 28.4 Å². The summed E-state index contributed by atoms with van der Waals surface area (Å²) in [4.78, 5) is 19.0. The van der Waals surface area contributed by atoms with Gasteiger partial charge < -0.3 is 29.5 Å². The van der Waals surface area contributed by atoms with Crippen molar-refractivity contribution >= 4 is 5.97 Å². The van der Waals surface area contributed by atoms with E-state index >= 15 is 0 Å². The van der Waals surface area contributed by atoms with Gasteiger partial charge in [0.1, 0.15) is 23.6 Å². The van der Waals surface area contributed by atoms with E-state index in [0.29, 0.717) is 38.4 Å². The molecule has 0 atom stereocenters. The molecule has 1 aromatic heterocycles. The Balaban J connectivity index is 1.48. The molecule has 9 nitrogen and oxygen atoms in total. The van der Waals surface area contributed by atoms with Crippen LogP contribution in [0, 0.1) is 0 Å². The van der Waals surface area contributed by atoms with Crippen molar-refractivity contribution in [1.29, 1.82) is 0 Å². The van der Waals surface area contributed by atoms with E-state index in [9.17, 15) is 15.0 Å². The lowest BCUT2D eigenvalue weighted by atomic mass is 9.96. The highest BCUT2D eigenvalue weighted by Gasteiger charge is 2.12. The highest BCUT2D eigenvalue weighted by molar-refractivity contribution is 5.66. The van der Waals surface area contributed by atoms with E-state index in [1.165, 1.54) is 6.33 Å². The molecular formula is C31H40N2O7. The van der Waals surface area contributed by atoms with Crippen LogP contribution < -0.4 is 14.2 Å². The summed E-state index contributed by atoms with van der Waals surface area (Å²) in [5.74, 6) is 1.34. The molecule has 0 bridgehead atoms. The Morgan fingerprint density at radius 3 is 2.30 bits per heavy atom. The van der Waals surface area contributed by atoms with Crippen molar-refractivity contribution in [3.63, 3.8) is 0 Å². The second-order valence-corrected chi connectivity index (χ2v) is 9.52. The van der Waals surface area contributed by atoms with Gasteiger partial charge in [-0.1, -0.05) is 25.0 Å². The Labute approximate surface area is 235 Å². The van der Waals surface area contributed by atoms with Crippen LogP contribution in [-0.2, 0) is 17.6 Å². The first-order chi connectivity index (χ1) is 19.5. The number of ether oxygens (including phenoxy) is 3. The third-order valence-corrected chi connectivity index (χ3v) is 6.37. The number of hydrogen-bond acceptors (Lipinski definition) is 8. The number of hydrogen-bond donors (Lipinski definition) is 3. The predicted molar refractivity (Wildman–Crippen MR) is 152 cm³/mol. The van der Waals surface area contributed by atoms with Gasteiger partial charge in [-0.25, -0.2) is 9.97 Å². The van der Waals surface area contributed by atoms with Crippen molar-refractivity contribution < 1.29 is 34.3 Å². The van der Waals surface area contributed by atoms with E-state index in [0.717, 1.165) is 65.9 Å². The van der Waals surface area contributed by atoms with Gasteiger partial charge in [-0.15, -0.1) is 0 Å². The van der Waals surface area contributed by atoms with Gasteiger partial charge in [0.15, 0.2) is 6.29 Å². The van der Waals surface area contributed by atoms with Gasteiger partial charge in [-0.3, -0.25) is 4.79 Å². The van der Waals surface area contributed by atoms with E-state index < -0.39 is 12.3 Å². The molecule has 3 N–H and O–H groups in total. The monoisotopic (exact) mass is 552 g/mol. The number of aliphatic carboxylic acids is 1. The Hall–Kier alpha value is -3.69. The first-order valence-electron chi connectivity index (χ1n) is 13.9. The van der Waals surface area contributed by atoms with Gasteiger partial charge in [0.25, 0.3) is 0 Å². The molecule has 0 radical (unpaired) electrons. The van der Waals surface area contributed by atoms with E-state index in [-0.39, 0.29) is 12.8 Å². The molecule has 0 unspecified atom stereocenters. The van der Waals surface area contributed by atoms with Crippen LogP contribution >= 0.6 is 0 Å². The van der Waals surface area contributed by atoms with Crippen molar-refractivity contribution in [2.75, 3.05) is 19.8 Å². The second kappa shape index (κ2) is 17.1. The zero-order valence-electron chi connectivity index (χ0n) is 23.1. The molecule has 0 aliphatic heterocycles. The van der Waals surface area contributed by atoms with E-state index in [2.05, 4.69) is 9.97 Å². The molecule has 0 saturated heterocycles. The lowest BCUT2D eigenvalue weighted by molar-refractivity contribution is -0.137. The summed E-state index contributed by atoms with van der Waals surface area (Å²) in [7, 11) is 0. The molecule has 0 aliphatic carbocycles. The van der Waals surface area contributed by atoms with Gasteiger partial charge in [0, 0.05) is 36.9 Å². The van der Waals surface area contributed by atoms with Gasteiger partial charge in [0.2, 0.25) is 0 Å². The molecule has 1 heterocycles. The highest BCUT2D eigenvalue weighted by Crippen LogP contribution is 2.30. The van der Waals surface area contributed by atoms with Crippen LogP contribution in [0.2, 0.25) is 0 Å². The topological polar surface area (TPSA) is 131 Å². The number of rotatable bonds is 19. The van der Waals surface area contributed by atoms with Gasteiger partial charge in [-0.05, 0) is 73.9 Å². The Morgan fingerprint density at radius 1 is 0.850 bits per heavy atom. The summed E-state index contributed by atoms with van der Waals surface area (Å²) in [5, 5.41) is 27.6. The van der Waals surface area contributed by atoms with Crippen LogP contribution in [0.1, 0.15) is 63.0 Å². The standard InChI is InChI=1S/C31H40N2O7/c1-2-38-26-17-24(25-20-32-22-33-21-25)18-27(19-26)39-15-6-4-3-5-9-23-10-7-11-29(28(23)13-14-31(36)37)40-16-8-12-30(34)35/h7,10-11,17-22,31,36-37H,2-6,8-9,12-16H2,1H3,(H,34,35). The fourth-order valence-corrected chi connectivity index (χ4v) is 4.42. The average Bonchev–Trinajstić information content (AvgIpc) is 2.94. The van der Waals surface area contributed by atoms with Crippen molar-refractivity contribution in [1.82, 2.24) is 9.97 Å². The van der Waals surface area contributed by atoms with Crippen molar-refractivity contribution in [3.05, 3.63) is 66.2 Å². The number of aliphatic hydroxyl groups is 2. The maximum atomic E-state index is 10.8. The fourth-order valence-electron chi connectivity index (χ4n) is 4.42. The number of carboxylic acid groups (broad SMARTS) is 1. The maximum absolute atomic E-state index is 10.8. The molecule has 2 aromatic carbocycles. The minimum absolute atomic E-state index is 0.0508. The lowest BCUT2D eigenvalue weighted by Gasteiger charge is -2.16. The summed E-state index contributed by atoms with van der Waals surface area (Å²) >= 11 is 0. The number of aliphatic hydroxyl groups excluding tert-OH is 1. The van der Waals surface area contributed by atoms with Gasteiger partial charge in [0.05, 0.1) is 19.8 Å². The van der Waals surface area contributed by atoms with Crippen LogP contribution in [0.5, 0.6) is 17.2 Å². The number of unbranched alkanes of at least 4 members (excludes halogenated alkanes) is 3. The number of nitrogens with zero attached hydrogens (tertiary/aromatic N) is 2. The van der Waals surface area contributed by atoms with Crippen molar-refractivity contribution in [2.24, 2.45) is 0 Å². The summed E-state index contributed by atoms with van der Waals surface area (Å²) in [6, 6.07) is 11.7. The van der Waals surface area contributed by atoms with Crippen molar-refractivity contribution in [2.45, 2.75) is 71.0 Å². The predicted octanol–water partition coefficient (Wildman–Crippen LogP) is 5.21.